The molecule has 0 N–H and O–H groups in total. The first kappa shape index (κ1) is 14.8. The Kier molecular flexibility index (Phi) is 4.73. The smallest absolute Gasteiger partial charge is 0.225 e. The van der Waals surface area contributed by atoms with E-state index in [1.165, 1.54) is 11.3 Å². The highest BCUT2D eigenvalue weighted by atomic mass is 32.2. The molecule has 3 rings (SSSR count). The lowest BCUT2D eigenvalue weighted by molar-refractivity contribution is -0.136. The zero-order valence-corrected chi connectivity index (χ0v) is 13.6. The van der Waals surface area contributed by atoms with Crippen molar-refractivity contribution in [2.45, 2.75) is 19.8 Å². The predicted molar refractivity (Wildman–Crippen MR) is 90.0 cm³/mol. The summed E-state index contributed by atoms with van der Waals surface area (Å²) in [6.45, 7) is 5.78. The molecule has 2 fully saturated rings. The molecular weight excluding hydrogens is 280 g/mol. The molecule has 21 heavy (non-hydrogen) atoms. The zero-order chi connectivity index (χ0) is 14.7. The van der Waals surface area contributed by atoms with Gasteiger partial charge in [0.2, 0.25) is 5.91 Å². The summed E-state index contributed by atoms with van der Waals surface area (Å²) in [4.78, 5) is 17.0. The molecule has 1 aromatic rings. The molecule has 1 amide bonds. The average Bonchev–Trinajstić information content (AvgIpc) is 2.55. The van der Waals surface area contributed by atoms with Crippen LogP contribution in [0.25, 0.3) is 0 Å². The fraction of sp³-hybridized carbons (Fsp3) is 0.588. The number of hydrogen-bond acceptors (Lipinski definition) is 3. The van der Waals surface area contributed by atoms with Crippen LogP contribution < -0.4 is 4.90 Å². The highest BCUT2D eigenvalue weighted by Gasteiger charge is 2.28. The molecule has 0 radical (unpaired) electrons. The van der Waals surface area contributed by atoms with Crippen molar-refractivity contribution in [1.82, 2.24) is 4.90 Å². The van der Waals surface area contributed by atoms with Gasteiger partial charge < -0.3 is 9.80 Å². The van der Waals surface area contributed by atoms with Crippen molar-refractivity contribution in [3.63, 3.8) is 0 Å². The van der Waals surface area contributed by atoms with E-state index < -0.39 is 0 Å². The minimum Gasteiger partial charge on any atom is -0.368 e. The number of nitrogens with zero attached hydrogens (tertiary/aromatic N) is 2. The minimum atomic E-state index is 0.289. The van der Waals surface area contributed by atoms with E-state index >= 15 is 0 Å². The molecule has 2 aliphatic rings. The Morgan fingerprint density at radius 3 is 2.52 bits per heavy atom. The van der Waals surface area contributed by atoms with E-state index in [-0.39, 0.29) is 5.92 Å². The molecule has 0 bridgehead atoms. The van der Waals surface area contributed by atoms with E-state index in [4.69, 9.17) is 0 Å². The Morgan fingerprint density at radius 1 is 1.14 bits per heavy atom. The number of aryl methyl sites for hydroxylation is 1. The molecule has 2 heterocycles. The quantitative estimate of drug-likeness (QED) is 0.839. The molecule has 0 aromatic heterocycles. The van der Waals surface area contributed by atoms with E-state index in [0.29, 0.717) is 5.91 Å². The van der Waals surface area contributed by atoms with Crippen molar-refractivity contribution in [2.75, 3.05) is 42.6 Å². The van der Waals surface area contributed by atoms with Crippen LogP contribution in [0.2, 0.25) is 0 Å². The number of piperazine rings is 1. The topological polar surface area (TPSA) is 23.6 Å². The minimum absolute atomic E-state index is 0.289. The van der Waals surface area contributed by atoms with Crippen molar-refractivity contribution in [1.29, 1.82) is 0 Å². The van der Waals surface area contributed by atoms with Crippen molar-refractivity contribution >= 4 is 23.4 Å². The van der Waals surface area contributed by atoms with Crippen LogP contribution in [0.4, 0.5) is 5.69 Å². The van der Waals surface area contributed by atoms with Gasteiger partial charge in [0.1, 0.15) is 0 Å². The Balaban J connectivity index is 1.56. The number of carbonyl (C=O) groups excluding carboxylic acids is 1. The standard InChI is InChI=1S/C17H24N2OS/c1-14-3-2-4-16(13-14)18-7-9-19(10-8-18)17(20)15-5-11-21-12-6-15/h2-4,13,15H,5-12H2,1H3. The number of rotatable bonds is 2. The van der Waals surface area contributed by atoms with Gasteiger partial charge in [-0.15, -0.1) is 0 Å². The van der Waals surface area contributed by atoms with Crippen LogP contribution in [0.5, 0.6) is 0 Å². The van der Waals surface area contributed by atoms with E-state index in [0.717, 1.165) is 50.5 Å². The summed E-state index contributed by atoms with van der Waals surface area (Å²) < 4.78 is 0. The maximum absolute atomic E-state index is 12.5. The molecule has 0 saturated carbocycles. The zero-order valence-electron chi connectivity index (χ0n) is 12.8. The SMILES string of the molecule is Cc1cccc(N2CCN(C(=O)C3CCSCC3)CC2)c1. The fourth-order valence-electron chi connectivity index (χ4n) is 3.21. The molecule has 0 atom stereocenters. The number of hydrogen-bond donors (Lipinski definition) is 0. The van der Waals surface area contributed by atoms with Crippen LogP contribution in [0.1, 0.15) is 18.4 Å². The second kappa shape index (κ2) is 6.73. The number of amides is 1. The van der Waals surface area contributed by atoms with Gasteiger partial charge in [0.05, 0.1) is 0 Å². The molecule has 2 aliphatic heterocycles. The molecule has 1 aromatic carbocycles. The van der Waals surface area contributed by atoms with Crippen LogP contribution in [0, 0.1) is 12.8 Å². The summed E-state index contributed by atoms with van der Waals surface area (Å²) in [5.41, 5.74) is 2.59. The van der Waals surface area contributed by atoms with Gasteiger partial charge in [-0.3, -0.25) is 4.79 Å². The predicted octanol–water partition coefficient (Wildman–Crippen LogP) is 2.79. The molecule has 0 spiro atoms. The number of benzene rings is 1. The van der Waals surface area contributed by atoms with Crippen LogP contribution in [-0.4, -0.2) is 48.5 Å². The van der Waals surface area contributed by atoms with Gasteiger partial charge in [-0.25, -0.2) is 0 Å². The molecule has 3 nitrogen and oxygen atoms in total. The molecular formula is C17H24N2OS. The first-order valence-electron chi connectivity index (χ1n) is 7.92. The van der Waals surface area contributed by atoms with Crippen molar-refractivity contribution in [3.05, 3.63) is 29.8 Å². The maximum Gasteiger partial charge on any atom is 0.225 e. The van der Waals surface area contributed by atoms with Gasteiger partial charge in [0.25, 0.3) is 0 Å². The molecule has 4 heteroatoms. The normalized spacial score (nSPS) is 20.6. The van der Waals surface area contributed by atoms with Gasteiger partial charge in [0.15, 0.2) is 0 Å². The summed E-state index contributed by atoms with van der Waals surface area (Å²) in [6, 6.07) is 8.64. The third kappa shape index (κ3) is 3.54. The fourth-order valence-corrected chi connectivity index (χ4v) is 4.32. The van der Waals surface area contributed by atoms with Gasteiger partial charge >= 0.3 is 0 Å². The van der Waals surface area contributed by atoms with Crippen molar-refractivity contribution in [2.24, 2.45) is 5.92 Å². The average molecular weight is 304 g/mol. The Morgan fingerprint density at radius 2 is 1.86 bits per heavy atom. The number of thioether (sulfide) groups is 1. The molecule has 2 saturated heterocycles. The lowest BCUT2D eigenvalue weighted by Crippen LogP contribution is -2.50. The van der Waals surface area contributed by atoms with E-state index in [9.17, 15) is 4.79 Å². The number of anilines is 1. The highest BCUT2D eigenvalue weighted by Crippen LogP contribution is 2.25. The second-order valence-corrected chi connectivity index (χ2v) is 7.26. The summed E-state index contributed by atoms with van der Waals surface area (Å²) in [5, 5.41) is 0. The summed E-state index contributed by atoms with van der Waals surface area (Å²) in [5.74, 6) is 3.00. The lowest BCUT2D eigenvalue weighted by Gasteiger charge is -2.38. The summed E-state index contributed by atoms with van der Waals surface area (Å²) in [6.07, 6.45) is 2.14. The first-order valence-corrected chi connectivity index (χ1v) is 9.07. The van der Waals surface area contributed by atoms with E-state index in [2.05, 4.69) is 41.0 Å². The van der Waals surface area contributed by atoms with Crippen molar-refractivity contribution in [3.8, 4) is 0 Å². The van der Waals surface area contributed by atoms with Gasteiger partial charge in [0, 0.05) is 37.8 Å². The van der Waals surface area contributed by atoms with Gasteiger partial charge in [-0.05, 0) is 49.0 Å². The van der Waals surface area contributed by atoms with Gasteiger partial charge in [-0.1, -0.05) is 12.1 Å². The highest BCUT2D eigenvalue weighted by molar-refractivity contribution is 7.99. The maximum atomic E-state index is 12.5. The molecule has 114 valence electrons. The van der Waals surface area contributed by atoms with Crippen molar-refractivity contribution < 1.29 is 4.79 Å². The Hall–Kier alpha value is -1.16. The molecule has 0 unspecified atom stereocenters. The second-order valence-electron chi connectivity index (χ2n) is 6.04. The van der Waals surface area contributed by atoms with Crippen LogP contribution in [0.15, 0.2) is 24.3 Å². The third-order valence-corrected chi connectivity index (χ3v) is 5.58. The van der Waals surface area contributed by atoms with E-state index in [1.807, 2.05) is 11.8 Å². The summed E-state index contributed by atoms with van der Waals surface area (Å²) in [7, 11) is 0. The van der Waals surface area contributed by atoms with E-state index in [1.54, 1.807) is 0 Å². The van der Waals surface area contributed by atoms with Gasteiger partial charge in [-0.2, -0.15) is 11.8 Å². The lowest BCUT2D eigenvalue weighted by atomic mass is 10.0. The largest absolute Gasteiger partial charge is 0.368 e. The van der Waals surface area contributed by atoms with Crippen LogP contribution in [0.3, 0.4) is 0 Å². The molecule has 0 aliphatic carbocycles. The van der Waals surface area contributed by atoms with Crippen LogP contribution in [-0.2, 0) is 4.79 Å². The Bertz CT molecular complexity index is 491. The monoisotopic (exact) mass is 304 g/mol. The Labute approximate surface area is 131 Å². The first-order chi connectivity index (χ1) is 10.2. The summed E-state index contributed by atoms with van der Waals surface area (Å²) >= 11 is 1.98. The number of carbonyl (C=O) groups is 1. The third-order valence-electron chi connectivity index (χ3n) is 4.53. The van der Waals surface area contributed by atoms with Crippen LogP contribution >= 0.6 is 11.8 Å².